The van der Waals surface area contributed by atoms with Crippen molar-refractivity contribution in [3.8, 4) is 0 Å². The monoisotopic (exact) mass is 244 g/mol. The molecule has 0 bridgehead atoms. The van der Waals surface area contributed by atoms with Gasteiger partial charge in [-0.25, -0.2) is 0 Å². The summed E-state index contributed by atoms with van der Waals surface area (Å²) in [5.41, 5.74) is 0. The van der Waals surface area contributed by atoms with Crippen LogP contribution in [-0.4, -0.2) is 59.3 Å². The van der Waals surface area contributed by atoms with Crippen molar-refractivity contribution >= 4 is 0 Å². The van der Waals surface area contributed by atoms with Gasteiger partial charge in [0, 0.05) is 38.3 Å². The average molecular weight is 244 g/mol. The zero-order valence-corrected chi connectivity index (χ0v) is 11.5. The van der Waals surface area contributed by atoms with Crippen LogP contribution in [0.4, 0.5) is 0 Å². The molecule has 0 radical (unpaired) electrons. The summed E-state index contributed by atoms with van der Waals surface area (Å²) >= 11 is 0. The summed E-state index contributed by atoms with van der Waals surface area (Å²) < 4.78 is 0. The smallest absolute Gasteiger partial charge is 0.0794 e. The summed E-state index contributed by atoms with van der Waals surface area (Å²) in [7, 11) is 0. The van der Waals surface area contributed by atoms with Crippen molar-refractivity contribution in [2.24, 2.45) is 5.92 Å². The molecule has 17 heavy (non-hydrogen) atoms. The first-order chi connectivity index (χ1) is 7.40. The lowest BCUT2D eigenvalue weighted by atomic mass is 10.0. The molecule has 2 fully saturated rings. The predicted octanol–water partition coefficient (Wildman–Crippen LogP) is 2.05. The van der Waals surface area contributed by atoms with E-state index < -0.39 is 0 Å². The Morgan fingerprint density at radius 1 is 0.882 bits per heavy atom. The third-order valence-corrected chi connectivity index (χ3v) is 3.44. The third-order valence-electron chi connectivity index (χ3n) is 3.44. The molecule has 0 aromatic heterocycles. The highest BCUT2D eigenvalue weighted by Crippen LogP contribution is 2.16. The largest absolute Gasteiger partial charge is 0.390 e. The van der Waals surface area contributed by atoms with Gasteiger partial charge in [-0.05, 0) is 33.6 Å². The van der Waals surface area contributed by atoms with E-state index in [1.54, 1.807) is 0 Å². The number of aliphatic hydroxyl groups is 1. The van der Waals surface area contributed by atoms with E-state index in [2.05, 4.69) is 44.4 Å². The summed E-state index contributed by atoms with van der Waals surface area (Å²) in [4.78, 5) is 4.73. The summed E-state index contributed by atoms with van der Waals surface area (Å²) in [5, 5.41) is 8.83. The molecule has 0 saturated carbocycles. The molecule has 0 spiro atoms. The first-order valence-electron chi connectivity index (χ1n) is 6.56. The topological polar surface area (TPSA) is 26.7 Å². The van der Waals surface area contributed by atoms with E-state index in [1.807, 2.05) is 0 Å². The van der Waals surface area contributed by atoms with Crippen molar-refractivity contribution in [3.63, 3.8) is 0 Å². The van der Waals surface area contributed by atoms with Crippen LogP contribution in [0.1, 0.15) is 42.0 Å². The molecule has 104 valence electrons. The Balaban J connectivity index is 0.000000284. The molecule has 3 heteroatoms. The number of hydrogen-bond acceptors (Lipinski definition) is 3. The molecule has 2 heterocycles. The van der Waals surface area contributed by atoms with Crippen LogP contribution in [0.15, 0.2) is 0 Å². The Morgan fingerprint density at radius 3 is 1.35 bits per heavy atom. The molecule has 0 aromatic rings. The Hall–Kier alpha value is -0.120. The van der Waals surface area contributed by atoms with Crippen LogP contribution >= 0.6 is 0 Å². The maximum atomic E-state index is 8.83. The van der Waals surface area contributed by atoms with E-state index in [0.717, 1.165) is 25.0 Å². The molecule has 3 nitrogen and oxygen atoms in total. The van der Waals surface area contributed by atoms with Crippen LogP contribution in [0.25, 0.3) is 0 Å². The summed E-state index contributed by atoms with van der Waals surface area (Å²) in [6.07, 6.45) is -0.0441. The summed E-state index contributed by atoms with van der Waals surface area (Å²) in [6, 6.07) is 1.38. The van der Waals surface area contributed by atoms with Gasteiger partial charge >= 0.3 is 0 Å². The molecule has 0 aliphatic carbocycles. The molecule has 0 amide bonds. The summed E-state index contributed by atoms with van der Waals surface area (Å²) in [6.45, 7) is 15.5. The van der Waals surface area contributed by atoms with Crippen molar-refractivity contribution in [2.75, 3.05) is 26.2 Å². The highest BCUT2D eigenvalue weighted by atomic mass is 16.3. The van der Waals surface area contributed by atoms with E-state index in [9.17, 15) is 0 Å². The molecule has 1 N–H and O–H groups in total. The lowest BCUT2D eigenvalue weighted by Gasteiger charge is -2.40. The number of aliphatic hydroxyl groups excluding tert-OH is 1. The maximum Gasteiger partial charge on any atom is 0.0794 e. The van der Waals surface area contributed by atoms with Gasteiger partial charge in [-0.2, -0.15) is 0 Å². The van der Waals surface area contributed by atoms with Crippen LogP contribution in [-0.2, 0) is 0 Å². The van der Waals surface area contributed by atoms with E-state index in [4.69, 9.17) is 5.11 Å². The van der Waals surface area contributed by atoms with Gasteiger partial charge in [-0.1, -0.05) is 14.4 Å². The van der Waals surface area contributed by atoms with Gasteiger partial charge in [0.2, 0.25) is 0 Å². The van der Waals surface area contributed by atoms with Crippen molar-refractivity contribution in [1.82, 2.24) is 9.80 Å². The quantitative estimate of drug-likeness (QED) is 0.805. The van der Waals surface area contributed by atoms with Gasteiger partial charge in [0.15, 0.2) is 0 Å². The number of nitrogens with zero attached hydrogens (tertiary/aromatic N) is 2. The highest BCUT2D eigenvalue weighted by molar-refractivity contribution is 4.80. The van der Waals surface area contributed by atoms with Crippen molar-refractivity contribution in [3.05, 3.63) is 0 Å². The Morgan fingerprint density at radius 2 is 1.24 bits per heavy atom. The molecular formula is C14H32N2O. The van der Waals surface area contributed by atoms with Crippen LogP contribution < -0.4 is 0 Å². The maximum absolute atomic E-state index is 8.83. The third kappa shape index (κ3) is 5.36. The van der Waals surface area contributed by atoms with Gasteiger partial charge in [0.05, 0.1) is 6.10 Å². The molecule has 2 rings (SSSR count). The second kappa shape index (κ2) is 7.34. The van der Waals surface area contributed by atoms with Crippen molar-refractivity contribution < 1.29 is 5.11 Å². The van der Waals surface area contributed by atoms with Gasteiger partial charge < -0.3 is 10.0 Å². The standard InChI is InChI=1S/C7H15N.C6H13NO.CH4/c1-6(2)8-4-7(3)5-8;1-5(2)7-3-6(8)4-7;/h6-7H,4-5H2,1-3H3;5-6,8H,3-4H2,1-2H3;1H4. The fourth-order valence-electron chi connectivity index (χ4n) is 2.08. The number of hydrogen-bond donors (Lipinski definition) is 1. The molecular weight excluding hydrogens is 212 g/mol. The first-order valence-corrected chi connectivity index (χ1v) is 6.56. The molecule has 0 atom stereocenters. The van der Waals surface area contributed by atoms with Gasteiger partial charge in [-0.15, -0.1) is 0 Å². The Labute approximate surface area is 108 Å². The fourth-order valence-corrected chi connectivity index (χ4v) is 2.08. The Bertz CT molecular complexity index is 172. The minimum Gasteiger partial charge on any atom is -0.390 e. The van der Waals surface area contributed by atoms with Crippen molar-refractivity contribution in [2.45, 2.75) is 60.2 Å². The minimum absolute atomic E-state index is 0. The fraction of sp³-hybridized carbons (Fsp3) is 1.00. The molecule has 0 unspecified atom stereocenters. The minimum atomic E-state index is -0.0441. The van der Waals surface area contributed by atoms with E-state index in [1.165, 1.54) is 13.1 Å². The molecule has 2 aliphatic rings. The lowest BCUT2D eigenvalue weighted by Crippen LogP contribution is -2.53. The van der Waals surface area contributed by atoms with Crippen LogP contribution in [0.5, 0.6) is 0 Å². The SMILES string of the molecule is C.CC(C)N1CC(O)C1.CC1CN(C(C)C)C1. The first kappa shape index (κ1) is 16.9. The number of rotatable bonds is 2. The van der Waals surface area contributed by atoms with E-state index in [0.29, 0.717) is 6.04 Å². The van der Waals surface area contributed by atoms with Crippen LogP contribution in [0.2, 0.25) is 0 Å². The van der Waals surface area contributed by atoms with E-state index >= 15 is 0 Å². The van der Waals surface area contributed by atoms with Crippen LogP contribution in [0.3, 0.4) is 0 Å². The molecule has 0 aromatic carbocycles. The zero-order chi connectivity index (χ0) is 12.3. The Kier molecular flexibility index (Phi) is 7.29. The van der Waals surface area contributed by atoms with Gasteiger partial charge in [-0.3, -0.25) is 4.90 Å². The average Bonchev–Trinajstić information content (AvgIpc) is 2.08. The number of β-amino-alcohol motifs (C(OH)–C–C–N with tert-alkyl or cyclic N) is 1. The predicted molar refractivity (Wildman–Crippen MR) is 75.3 cm³/mol. The second-order valence-corrected chi connectivity index (χ2v) is 5.85. The van der Waals surface area contributed by atoms with Gasteiger partial charge in [0.25, 0.3) is 0 Å². The molecule has 2 saturated heterocycles. The normalized spacial score (nSPS) is 22.6. The zero-order valence-electron chi connectivity index (χ0n) is 11.5. The second-order valence-electron chi connectivity index (χ2n) is 5.85. The van der Waals surface area contributed by atoms with Gasteiger partial charge in [0.1, 0.15) is 0 Å². The molecule has 2 aliphatic heterocycles. The number of likely N-dealkylation sites (tertiary alicyclic amines) is 2. The summed E-state index contributed by atoms with van der Waals surface area (Å²) in [5.74, 6) is 0.956. The lowest BCUT2D eigenvalue weighted by molar-refractivity contribution is -0.0161. The highest BCUT2D eigenvalue weighted by Gasteiger charge is 2.25. The van der Waals surface area contributed by atoms with Crippen molar-refractivity contribution in [1.29, 1.82) is 0 Å². The van der Waals surface area contributed by atoms with Crippen LogP contribution in [0, 0.1) is 5.92 Å². The van der Waals surface area contributed by atoms with E-state index in [-0.39, 0.29) is 13.5 Å².